The van der Waals surface area contributed by atoms with Gasteiger partial charge in [0.25, 0.3) is 5.69 Å². The second kappa shape index (κ2) is 7.42. The molecule has 0 radical (unpaired) electrons. The van der Waals surface area contributed by atoms with Gasteiger partial charge in [0.05, 0.1) is 9.40 Å². The van der Waals surface area contributed by atoms with Gasteiger partial charge in [-0.05, 0) is 40.4 Å². The predicted octanol–water partition coefficient (Wildman–Crippen LogP) is 3.75. The Morgan fingerprint density at radius 2 is 2.24 bits per heavy atom. The Hall–Kier alpha value is -0.910. The van der Waals surface area contributed by atoms with Gasteiger partial charge in [0, 0.05) is 12.1 Å². The first-order chi connectivity index (χ1) is 7.56. The van der Waals surface area contributed by atoms with Crippen LogP contribution < -0.4 is 5.73 Å². The third-order valence-corrected chi connectivity index (χ3v) is 2.95. The van der Waals surface area contributed by atoms with E-state index in [0.29, 0.717) is 4.47 Å². The number of rotatable bonds is 5. The number of benzene rings is 1. The SMILES string of the molecule is C=CCC[C@@H](N)c1ccc(Br)c([N+](=O)[O-])c1.Cl. The van der Waals surface area contributed by atoms with Crippen molar-refractivity contribution in [3.63, 3.8) is 0 Å². The highest BCUT2D eigenvalue weighted by molar-refractivity contribution is 9.10. The summed E-state index contributed by atoms with van der Waals surface area (Å²) in [5, 5.41) is 10.7. The maximum absolute atomic E-state index is 10.7. The minimum absolute atomic E-state index is 0. The van der Waals surface area contributed by atoms with E-state index in [4.69, 9.17) is 5.73 Å². The molecule has 17 heavy (non-hydrogen) atoms. The summed E-state index contributed by atoms with van der Waals surface area (Å²) >= 11 is 3.13. The van der Waals surface area contributed by atoms with Crippen molar-refractivity contribution in [3.05, 3.63) is 51.0 Å². The first-order valence-corrected chi connectivity index (χ1v) is 5.66. The van der Waals surface area contributed by atoms with Gasteiger partial charge >= 0.3 is 0 Å². The molecule has 0 saturated carbocycles. The van der Waals surface area contributed by atoms with Crippen LogP contribution in [0, 0.1) is 10.1 Å². The van der Waals surface area contributed by atoms with Gasteiger partial charge in [-0.2, -0.15) is 0 Å². The topological polar surface area (TPSA) is 69.2 Å². The molecule has 0 unspecified atom stereocenters. The van der Waals surface area contributed by atoms with Crippen molar-refractivity contribution in [2.45, 2.75) is 18.9 Å². The highest BCUT2D eigenvalue weighted by Gasteiger charge is 2.15. The molecule has 0 saturated heterocycles. The highest BCUT2D eigenvalue weighted by Crippen LogP contribution is 2.28. The maximum Gasteiger partial charge on any atom is 0.283 e. The van der Waals surface area contributed by atoms with Crippen molar-refractivity contribution in [2.24, 2.45) is 5.73 Å². The predicted molar refractivity (Wildman–Crippen MR) is 74.4 cm³/mol. The van der Waals surface area contributed by atoms with Crippen molar-refractivity contribution in [3.8, 4) is 0 Å². The lowest BCUT2D eigenvalue weighted by Gasteiger charge is -2.10. The Kier molecular flexibility index (Phi) is 7.03. The minimum Gasteiger partial charge on any atom is -0.324 e. The molecule has 0 aliphatic heterocycles. The van der Waals surface area contributed by atoms with Gasteiger partial charge in [-0.25, -0.2) is 0 Å². The maximum atomic E-state index is 10.7. The number of nitro groups is 1. The molecular weight excluding hydrogens is 307 g/mol. The van der Waals surface area contributed by atoms with E-state index in [1.54, 1.807) is 18.2 Å². The van der Waals surface area contributed by atoms with Gasteiger partial charge in [0.2, 0.25) is 0 Å². The van der Waals surface area contributed by atoms with Crippen LogP contribution in [0.1, 0.15) is 24.4 Å². The Labute approximate surface area is 115 Å². The van der Waals surface area contributed by atoms with Crippen LogP contribution in [0.15, 0.2) is 35.3 Å². The van der Waals surface area contributed by atoms with Crippen molar-refractivity contribution in [1.29, 1.82) is 0 Å². The fourth-order valence-electron chi connectivity index (χ4n) is 1.36. The van der Waals surface area contributed by atoms with Crippen molar-refractivity contribution < 1.29 is 4.92 Å². The zero-order valence-corrected chi connectivity index (χ0v) is 11.5. The number of nitrogens with zero attached hydrogens (tertiary/aromatic N) is 1. The lowest BCUT2D eigenvalue weighted by Crippen LogP contribution is -2.10. The molecule has 1 atom stereocenters. The molecule has 4 nitrogen and oxygen atoms in total. The van der Waals surface area contributed by atoms with Gasteiger partial charge < -0.3 is 5.73 Å². The largest absolute Gasteiger partial charge is 0.324 e. The number of hydrogen-bond donors (Lipinski definition) is 1. The molecule has 6 heteroatoms. The Balaban J connectivity index is 0.00000256. The molecule has 2 N–H and O–H groups in total. The molecule has 0 aliphatic rings. The third kappa shape index (κ3) is 4.46. The minimum atomic E-state index is -0.423. The van der Waals surface area contributed by atoms with E-state index in [1.807, 2.05) is 0 Å². The molecule has 1 rings (SSSR count). The van der Waals surface area contributed by atoms with Crippen LogP contribution in [0.2, 0.25) is 0 Å². The van der Waals surface area contributed by atoms with E-state index in [0.717, 1.165) is 18.4 Å². The van der Waals surface area contributed by atoms with Gasteiger partial charge in [-0.1, -0.05) is 12.1 Å². The fourth-order valence-corrected chi connectivity index (χ4v) is 1.76. The van der Waals surface area contributed by atoms with Gasteiger partial charge in [-0.3, -0.25) is 10.1 Å². The van der Waals surface area contributed by atoms with Gasteiger partial charge in [-0.15, -0.1) is 19.0 Å². The van der Waals surface area contributed by atoms with E-state index < -0.39 is 4.92 Å². The summed E-state index contributed by atoms with van der Waals surface area (Å²) in [5.41, 5.74) is 6.74. The summed E-state index contributed by atoms with van der Waals surface area (Å²) in [6.07, 6.45) is 3.32. The van der Waals surface area contributed by atoms with Crippen LogP contribution >= 0.6 is 28.3 Å². The highest BCUT2D eigenvalue weighted by atomic mass is 79.9. The summed E-state index contributed by atoms with van der Waals surface area (Å²) in [6.45, 7) is 3.61. The number of allylic oxidation sites excluding steroid dienone is 1. The Bertz CT molecular complexity index is 412. The van der Waals surface area contributed by atoms with E-state index in [-0.39, 0.29) is 24.1 Å². The van der Waals surface area contributed by atoms with Crippen LogP contribution in [0.25, 0.3) is 0 Å². The summed E-state index contributed by atoms with van der Waals surface area (Å²) in [5.74, 6) is 0. The lowest BCUT2D eigenvalue weighted by atomic mass is 10.0. The van der Waals surface area contributed by atoms with Crippen LogP contribution in [-0.4, -0.2) is 4.92 Å². The van der Waals surface area contributed by atoms with E-state index >= 15 is 0 Å². The monoisotopic (exact) mass is 320 g/mol. The van der Waals surface area contributed by atoms with Gasteiger partial charge in [0.15, 0.2) is 0 Å². The summed E-state index contributed by atoms with van der Waals surface area (Å²) < 4.78 is 0.470. The molecule has 0 aliphatic carbocycles. The molecule has 0 amide bonds. The van der Waals surface area contributed by atoms with Crippen molar-refractivity contribution >= 4 is 34.0 Å². The zero-order valence-electron chi connectivity index (χ0n) is 9.14. The molecule has 0 heterocycles. The quantitative estimate of drug-likeness (QED) is 0.510. The van der Waals surface area contributed by atoms with Crippen LogP contribution in [0.5, 0.6) is 0 Å². The first-order valence-electron chi connectivity index (χ1n) is 4.86. The average Bonchev–Trinajstić information content (AvgIpc) is 2.26. The Morgan fingerprint density at radius 1 is 1.59 bits per heavy atom. The van der Waals surface area contributed by atoms with Crippen LogP contribution in [0.3, 0.4) is 0 Å². The fraction of sp³-hybridized carbons (Fsp3) is 0.273. The molecular formula is C11H14BrClN2O2. The number of nitro benzene ring substituents is 1. The molecule has 1 aromatic rings. The standard InChI is InChI=1S/C11H13BrN2O2.ClH/c1-2-3-4-10(13)8-5-6-9(12)11(7-8)14(15)16;/h2,5-7,10H,1,3-4,13H2;1H/t10-;/m1./s1. The summed E-state index contributed by atoms with van der Waals surface area (Å²) in [4.78, 5) is 10.3. The second-order valence-corrected chi connectivity index (χ2v) is 4.29. The normalized spacial score (nSPS) is 11.4. The first kappa shape index (κ1) is 16.1. The van der Waals surface area contributed by atoms with E-state index in [9.17, 15) is 10.1 Å². The molecule has 1 aromatic carbocycles. The Morgan fingerprint density at radius 3 is 2.76 bits per heavy atom. The second-order valence-electron chi connectivity index (χ2n) is 3.44. The van der Waals surface area contributed by atoms with Crippen molar-refractivity contribution in [1.82, 2.24) is 0 Å². The average molecular weight is 322 g/mol. The third-order valence-electron chi connectivity index (χ3n) is 2.28. The van der Waals surface area contributed by atoms with E-state index in [2.05, 4.69) is 22.5 Å². The number of halogens is 2. The molecule has 0 aromatic heterocycles. The van der Waals surface area contributed by atoms with Crippen molar-refractivity contribution in [2.75, 3.05) is 0 Å². The smallest absolute Gasteiger partial charge is 0.283 e. The zero-order chi connectivity index (χ0) is 12.1. The number of nitrogens with two attached hydrogens (primary N) is 1. The van der Waals surface area contributed by atoms with Crippen LogP contribution in [-0.2, 0) is 0 Å². The van der Waals surface area contributed by atoms with E-state index in [1.165, 1.54) is 6.07 Å². The molecule has 0 spiro atoms. The van der Waals surface area contributed by atoms with Gasteiger partial charge in [0.1, 0.15) is 0 Å². The molecule has 0 fully saturated rings. The molecule has 0 bridgehead atoms. The number of hydrogen-bond acceptors (Lipinski definition) is 3. The molecule has 94 valence electrons. The summed E-state index contributed by atoms with van der Waals surface area (Å²) in [6, 6.07) is 4.77. The summed E-state index contributed by atoms with van der Waals surface area (Å²) in [7, 11) is 0. The van der Waals surface area contributed by atoms with Crippen LogP contribution in [0.4, 0.5) is 5.69 Å². The lowest BCUT2D eigenvalue weighted by molar-refractivity contribution is -0.385.